The van der Waals surface area contributed by atoms with E-state index in [0.717, 1.165) is 25.0 Å². The average Bonchev–Trinajstić information content (AvgIpc) is 3.09. The van der Waals surface area contributed by atoms with Crippen LogP contribution in [0, 0.1) is 0 Å². The zero-order valence-electron chi connectivity index (χ0n) is 10.9. The standard InChI is InChI=1S/C14H15N3O3/c15-16-14(19)10-6-7-20-12(10)8-17-11-3-1-2-9(11)4-5-13(17)18/h4-7H,1-3,8,15H2,(H,16,19). The third-order valence-electron chi connectivity index (χ3n) is 3.67. The number of carbonyl (C=O) groups is 1. The van der Waals surface area contributed by atoms with Gasteiger partial charge in [0.2, 0.25) is 0 Å². The van der Waals surface area contributed by atoms with Gasteiger partial charge in [-0.25, -0.2) is 5.84 Å². The van der Waals surface area contributed by atoms with E-state index in [4.69, 9.17) is 10.3 Å². The molecule has 0 saturated heterocycles. The number of carbonyl (C=O) groups excluding carboxylic acids is 1. The third kappa shape index (κ3) is 2.04. The molecule has 104 valence electrons. The summed E-state index contributed by atoms with van der Waals surface area (Å²) in [6.07, 6.45) is 4.34. The number of aromatic nitrogens is 1. The fraction of sp³-hybridized carbons (Fsp3) is 0.286. The molecule has 2 heterocycles. The average molecular weight is 273 g/mol. The van der Waals surface area contributed by atoms with Gasteiger partial charge in [0.25, 0.3) is 11.5 Å². The molecule has 0 spiro atoms. The number of pyridine rings is 1. The van der Waals surface area contributed by atoms with Crippen LogP contribution in [0.4, 0.5) is 0 Å². The van der Waals surface area contributed by atoms with Crippen LogP contribution in [-0.4, -0.2) is 10.5 Å². The number of amides is 1. The number of hydrazine groups is 1. The molecule has 0 bridgehead atoms. The van der Waals surface area contributed by atoms with Crippen molar-refractivity contribution in [3.63, 3.8) is 0 Å². The van der Waals surface area contributed by atoms with Crippen LogP contribution in [0.15, 0.2) is 33.7 Å². The van der Waals surface area contributed by atoms with E-state index in [1.807, 2.05) is 6.07 Å². The Balaban J connectivity index is 2.01. The Hall–Kier alpha value is -2.34. The van der Waals surface area contributed by atoms with Gasteiger partial charge >= 0.3 is 0 Å². The third-order valence-corrected chi connectivity index (χ3v) is 3.67. The van der Waals surface area contributed by atoms with Gasteiger partial charge in [0, 0.05) is 11.8 Å². The van der Waals surface area contributed by atoms with Gasteiger partial charge in [-0.1, -0.05) is 6.07 Å². The fourth-order valence-electron chi connectivity index (χ4n) is 2.69. The molecule has 3 rings (SSSR count). The monoisotopic (exact) mass is 273 g/mol. The number of nitrogens with zero attached hydrogens (tertiary/aromatic N) is 1. The Morgan fingerprint density at radius 2 is 2.20 bits per heavy atom. The van der Waals surface area contributed by atoms with E-state index in [1.165, 1.54) is 11.8 Å². The number of furan rings is 1. The van der Waals surface area contributed by atoms with Crippen LogP contribution < -0.4 is 16.8 Å². The lowest BCUT2D eigenvalue weighted by molar-refractivity contribution is 0.0951. The van der Waals surface area contributed by atoms with Gasteiger partial charge in [0.05, 0.1) is 18.4 Å². The van der Waals surface area contributed by atoms with Crippen molar-refractivity contribution in [2.45, 2.75) is 25.8 Å². The van der Waals surface area contributed by atoms with Crippen molar-refractivity contribution in [1.82, 2.24) is 9.99 Å². The molecule has 20 heavy (non-hydrogen) atoms. The maximum Gasteiger partial charge on any atom is 0.268 e. The minimum atomic E-state index is -0.422. The van der Waals surface area contributed by atoms with Crippen LogP contribution in [-0.2, 0) is 19.4 Å². The van der Waals surface area contributed by atoms with Gasteiger partial charge in [-0.15, -0.1) is 0 Å². The summed E-state index contributed by atoms with van der Waals surface area (Å²) < 4.78 is 7.01. The quantitative estimate of drug-likeness (QED) is 0.486. The summed E-state index contributed by atoms with van der Waals surface area (Å²) in [6.45, 7) is 0.248. The second-order valence-electron chi connectivity index (χ2n) is 4.81. The van der Waals surface area contributed by atoms with E-state index in [-0.39, 0.29) is 12.1 Å². The smallest absolute Gasteiger partial charge is 0.268 e. The van der Waals surface area contributed by atoms with Gasteiger partial charge in [-0.2, -0.15) is 0 Å². The first-order valence-corrected chi connectivity index (χ1v) is 6.49. The predicted molar refractivity (Wildman–Crippen MR) is 72.2 cm³/mol. The van der Waals surface area contributed by atoms with Crippen LogP contribution >= 0.6 is 0 Å². The number of nitrogens with two attached hydrogens (primary N) is 1. The topological polar surface area (TPSA) is 90.3 Å². The maximum atomic E-state index is 12.1. The highest BCUT2D eigenvalue weighted by atomic mass is 16.3. The first-order chi connectivity index (χ1) is 9.70. The van der Waals surface area contributed by atoms with E-state index in [1.54, 1.807) is 16.7 Å². The zero-order valence-corrected chi connectivity index (χ0v) is 10.9. The van der Waals surface area contributed by atoms with Gasteiger partial charge < -0.3 is 8.98 Å². The maximum absolute atomic E-state index is 12.1. The Morgan fingerprint density at radius 3 is 3.00 bits per heavy atom. The van der Waals surface area contributed by atoms with Crippen LogP contribution in [0.25, 0.3) is 0 Å². The largest absolute Gasteiger partial charge is 0.467 e. The van der Waals surface area contributed by atoms with Crippen molar-refractivity contribution in [2.24, 2.45) is 5.84 Å². The second kappa shape index (κ2) is 4.97. The number of hydrogen-bond acceptors (Lipinski definition) is 4. The highest BCUT2D eigenvalue weighted by Crippen LogP contribution is 2.21. The van der Waals surface area contributed by atoms with Crippen LogP contribution in [0.5, 0.6) is 0 Å². The fourth-order valence-corrected chi connectivity index (χ4v) is 2.69. The molecule has 0 saturated carbocycles. The molecule has 2 aromatic heterocycles. The minimum absolute atomic E-state index is 0.0823. The molecule has 0 radical (unpaired) electrons. The van der Waals surface area contributed by atoms with E-state index in [0.29, 0.717) is 11.3 Å². The Morgan fingerprint density at radius 1 is 1.35 bits per heavy atom. The lowest BCUT2D eigenvalue weighted by atomic mass is 10.2. The van der Waals surface area contributed by atoms with Gasteiger partial charge in [0.15, 0.2) is 0 Å². The van der Waals surface area contributed by atoms with Crippen molar-refractivity contribution in [1.29, 1.82) is 0 Å². The van der Waals surface area contributed by atoms with E-state index < -0.39 is 5.91 Å². The van der Waals surface area contributed by atoms with Gasteiger partial charge in [-0.05, 0) is 30.9 Å². The number of hydrogen-bond donors (Lipinski definition) is 2. The summed E-state index contributed by atoms with van der Waals surface area (Å²) in [7, 11) is 0. The lowest BCUT2D eigenvalue weighted by Crippen LogP contribution is -2.31. The molecular weight excluding hydrogens is 258 g/mol. The predicted octanol–water partition coefficient (Wildman–Crippen LogP) is 0.582. The molecule has 6 nitrogen and oxygen atoms in total. The molecular formula is C14H15N3O3. The van der Waals surface area contributed by atoms with Crippen molar-refractivity contribution in [2.75, 3.05) is 0 Å². The molecule has 6 heteroatoms. The van der Waals surface area contributed by atoms with E-state index >= 15 is 0 Å². The van der Waals surface area contributed by atoms with Crippen molar-refractivity contribution >= 4 is 5.91 Å². The summed E-state index contributed by atoms with van der Waals surface area (Å²) in [5.74, 6) is 5.15. The summed E-state index contributed by atoms with van der Waals surface area (Å²) in [5, 5.41) is 0. The van der Waals surface area contributed by atoms with E-state index in [9.17, 15) is 9.59 Å². The summed E-state index contributed by atoms with van der Waals surface area (Å²) >= 11 is 0. The molecule has 3 N–H and O–H groups in total. The van der Waals surface area contributed by atoms with Crippen LogP contribution in [0.2, 0.25) is 0 Å². The van der Waals surface area contributed by atoms with Crippen LogP contribution in [0.3, 0.4) is 0 Å². The van der Waals surface area contributed by atoms with E-state index in [2.05, 4.69) is 5.43 Å². The molecule has 2 aromatic rings. The number of nitrogen functional groups attached to an aromatic ring is 1. The highest BCUT2D eigenvalue weighted by Gasteiger charge is 2.19. The SMILES string of the molecule is NNC(=O)c1ccoc1Cn1c2c(ccc1=O)CCC2. The van der Waals surface area contributed by atoms with Crippen molar-refractivity contribution < 1.29 is 9.21 Å². The minimum Gasteiger partial charge on any atom is -0.467 e. The lowest BCUT2D eigenvalue weighted by Gasteiger charge is -2.11. The normalized spacial score (nSPS) is 13.2. The van der Waals surface area contributed by atoms with Gasteiger partial charge in [0.1, 0.15) is 5.76 Å². The Bertz CT molecular complexity index is 715. The number of rotatable bonds is 3. The summed E-state index contributed by atoms with van der Waals surface area (Å²) in [6, 6.07) is 5.00. The molecule has 0 aliphatic heterocycles. The molecule has 1 aliphatic carbocycles. The number of fused-ring (bicyclic) bond motifs is 1. The molecule has 0 fully saturated rings. The second-order valence-corrected chi connectivity index (χ2v) is 4.81. The molecule has 0 aromatic carbocycles. The first kappa shape index (κ1) is 12.7. The van der Waals surface area contributed by atoms with Crippen LogP contribution in [0.1, 0.15) is 33.8 Å². The Kier molecular flexibility index (Phi) is 3.15. The molecule has 0 atom stereocenters. The number of nitrogens with one attached hydrogen (secondary N) is 1. The summed E-state index contributed by atoms with van der Waals surface area (Å²) in [4.78, 5) is 23.7. The zero-order chi connectivity index (χ0) is 14.1. The van der Waals surface area contributed by atoms with Gasteiger partial charge in [-0.3, -0.25) is 15.0 Å². The first-order valence-electron chi connectivity index (χ1n) is 6.49. The highest BCUT2D eigenvalue weighted by molar-refractivity contribution is 5.94. The molecule has 1 amide bonds. The number of aryl methyl sites for hydroxylation is 1. The molecule has 1 aliphatic rings. The van der Waals surface area contributed by atoms with Crippen molar-refractivity contribution in [3.05, 3.63) is 57.4 Å². The Labute approximate surface area is 115 Å². The molecule has 0 unspecified atom stereocenters. The summed E-state index contributed by atoms with van der Waals surface area (Å²) in [5.41, 5.74) is 4.58. The van der Waals surface area contributed by atoms with Crippen molar-refractivity contribution in [3.8, 4) is 0 Å².